The van der Waals surface area contributed by atoms with E-state index in [2.05, 4.69) is 62.5 Å². The van der Waals surface area contributed by atoms with Gasteiger partial charge in [-0.15, -0.1) is 11.3 Å². The number of thiophene rings is 1. The molecule has 0 amide bonds. The van der Waals surface area contributed by atoms with Crippen molar-refractivity contribution in [3.05, 3.63) is 50.6 Å². The van der Waals surface area contributed by atoms with Crippen LogP contribution in [0.15, 0.2) is 40.2 Å². The number of para-hydroxylation sites is 1. The molecule has 2 aromatic rings. The van der Waals surface area contributed by atoms with Crippen LogP contribution in [0, 0.1) is 5.92 Å². The van der Waals surface area contributed by atoms with E-state index in [4.69, 9.17) is 0 Å². The minimum Gasteiger partial charge on any atom is -0.365 e. The third-order valence-electron chi connectivity index (χ3n) is 4.47. The van der Waals surface area contributed by atoms with Gasteiger partial charge < -0.3 is 10.2 Å². The molecule has 0 saturated heterocycles. The van der Waals surface area contributed by atoms with Crippen LogP contribution in [0.25, 0.3) is 0 Å². The molecule has 1 saturated carbocycles. The maximum Gasteiger partial charge on any atom is 0.0702 e. The zero-order valence-electron chi connectivity index (χ0n) is 11.9. The van der Waals surface area contributed by atoms with Crippen molar-refractivity contribution >= 4 is 33.0 Å². The molecule has 1 fully saturated rings. The summed E-state index contributed by atoms with van der Waals surface area (Å²) in [6.07, 6.45) is 2.79. The second-order valence-corrected chi connectivity index (χ2v) is 8.59. The Labute approximate surface area is 138 Å². The van der Waals surface area contributed by atoms with Crippen molar-refractivity contribution in [3.63, 3.8) is 0 Å². The highest BCUT2D eigenvalue weighted by molar-refractivity contribution is 9.11. The molecule has 0 bridgehead atoms. The number of halogens is 1. The van der Waals surface area contributed by atoms with Gasteiger partial charge in [0, 0.05) is 29.7 Å². The normalized spacial score (nSPS) is 22.0. The summed E-state index contributed by atoms with van der Waals surface area (Å²) in [6.45, 7) is 3.14. The fourth-order valence-corrected chi connectivity index (χ4v) is 4.70. The zero-order valence-corrected chi connectivity index (χ0v) is 14.3. The Morgan fingerprint density at radius 3 is 2.81 bits per heavy atom. The summed E-state index contributed by atoms with van der Waals surface area (Å²) >= 11 is 5.42. The van der Waals surface area contributed by atoms with Gasteiger partial charge in [-0.25, -0.2) is 0 Å². The number of benzene rings is 1. The van der Waals surface area contributed by atoms with Crippen molar-refractivity contribution in [2.24, 2.45) is 5.92 Å². The predicted molar refractivity (Wildman–Crippen MR) is 92.9 cm³/mol. The van der Waals surface area contributed by atoms with Gasteiger partial charge in [-0.2, -0.15) is 0 Å². The molecular formula is C17H19BrN2S. The van der Waals surface area contributed by atoms with Crippen LogP contribution >= 0.6 is 27.3 Å². The molecule has 1 aliphatic heterocycles. The molecule has 1 aliphatic carbocycles. The number of hydrogen-bond donors (Lipinski definition) is 1. The molecule has 1 unspecified atom stereocenters. The smallest absolute Gasteiger partial charge is 0.0702 e. The average molecular weight is 363 g/mol. The Bertz CT molecular complexity index is 635. The minimum atomic E-state index is 0.640. The Morgan fingerprint density at radius 2 is 2.05 bits per heavy atom. The van der Waals surface area contributed by atoms with Crippen LogP contribution < -0.4 is 10.2 Å². The number of anilines is 1. The predicted octanol–water partition coefficient (Wildman–Crippen LogP) is 4.40. The second-order valence-electron chi connectivity index (χ2n) is 6.04. The highest BCUT2D eigenvalue weighted by Gasteiger charge is 2.34. The molecule has 4 heteroatoms. The van der Waals surface area contributed by atoms with E-state index in [-0.39, 0.29) is 0 Å². The molecule has 0 spiro atoms. The van der Waals surface area contributed by atoms with Crippen molar-refractivity contribution < 1.29 is 0 Å². The van der Waals surface area contributed by atoms with E-state index in [1.165, 1.54) is 32.8 Å². The fraction of sp³-hybridized carbons (Fsp3) is 0.412. The Kier molecular flexibility index (Phi) is 3.78. The van der Waals surface area contributed by atoms with Crippen LogP contribution in [0.2, 0.25) is 0 Å². The van der Waals surface area contributed by atoms with E-state index in [1.807, 2.05) is 11.3 Å². The van der Waals surface area contributed by atoms with Crippen LogP contribution in [-0.4, -0.2) is 12.6 Å². The summed E-state index contributed by atoms with van der Waals surface area (Å²) in [5.74, 6) is 0.886. The summed E-state index contributed by atoms with van der Waals surface area (Å²) in [5, 5.41) is 3.77. The summed E-state index contributed by atoms with van der Waals surface area (Å²) in [6, 6.07) is 13.9. The average Bonchev–Trinajstić information content (AvgIpc) is 3.27. The first kappa shape index (κ1) is 13.8. The Balaban J connectivity index is 1.63. The number of fused-ring (bicyclic) bond motifs is 1. The molecule has 1 aromatic carbocycles. The molecule has 2 aliphatic rings. The lowest BCUT2D eigenvalue weighted by Gasteiger charge is -2.27. The van der Waals surface area contributed by atoms with Crippen molar-refractivity contribution in [1.29, 1.82) is 0 Å². The maximum absolute atomic E-state index is 3.77. The minimum absolute atomic E-state index is 0.640. The molecule has 110 valence electrons. The summed E-state index contributed by atoms with van der Waals surface area (Å²) in [7, 11) is 0. The van der Waals surface area contributed by atoms with Crippen LogP contribution in [-0.2, 0) is 13.1 Å². The molecule has 1 N–H and O–H groups in total. The maximum atomic E-state index is 3.77. The monoisotopic (exact) mass is 362 g/mol. The van der Waals surface area contributed by atoms with Gasteiger partial charge in [0.15, 0.2) is 0 Å². The number of hydrogen-bond acceptors (Lipinski definition) is 3. The molecule has 2 heterocycles. The quantitative estimate of drug-likeness (QED) is 0.870. The highest BCUT2D eigenvalue weighted by atomic mass is 79.9. The van der Waals surface area contributed by atoms with Gasteiger partial charge in [0.2, 0.25) is 0 Å². The third-order valence-corrected chi connectivity index (χ3v) is 6.08. The molecule has 4 rings (SSSR count). The topological polar surface area (TPSA) is 15.3 Å². The van der Waals surface area contributed by atoms with Crippen LogP contribution in [0.4, 0.5) is 5.69 Å². The summed E-state index contributed by atoms with van der Waals surface area (Å²) in [4.78, 5) is 3.99. The van der Waals surface area contributed by atoms with E-state index < -0.39 is 0 Å². The lowest BCUT2D eigenvalue weighted by Crippen LogP contribution is -2.39. The van der Waals surface area contributed by atoms with E-state index in [0.717, 1.165) is 25.6 Å². The van der Waals surface area contributed by atoms with Gasteiger partial charge in [-0.1, -0.05) is 18.2 Å². The molecule has 2 nitrogen and oxygen atoms in total. The van der Waals surface area contributed by atoms with Crippen molar-refractivity contribution in [3.8, 4) is 0 Å². The van der Waals surface area contributed by atoms with Gasteiger partial charge >= 0.3 is 0 Å². The lowest BCUT2D eigenvalue weighted by molar-refractivity contribution is 0.467. The van der Waals surface area contributed by atoms with Gasteiger partial charge in [-0.05, 0) is 58.5 Å². The van der Waals surface area contributed by atoms with E-state index in [9.17, 15) is 0 Å². The van der Waals surface area contributed by atoms with Crippen molar-refractivity contribution in [1.82, 2.24) is 5.32 Å². The van der Waals surface area contributed by atoms with Gasteiger partial charge in [0.25, 0.3) is 0 Å². The fourth-order valence-electron chi connectivity index (χ4n) is 3.20. The third kappa shape index (κ3) is 3.03. The molecule has 1 aromatic heterocycles. The number of nitrogens with zero attached hydrogens (tertiary/aromatic N) is 1. The van der Waals surface area contributed by atoms with Gasteiger partial charge in [0.1, 0.15) is 0 Å². The van der Waals surface area contributed by atoms with Gasteiger partial charge in [0.05, 0.1) is 10.3 Å². The molecule has 1 atom stereocenters. The summed E-state index contributed by atoms with van der Waals surface area (Å²) < 4.78 is 1.22. The summed E-state index contributed by atoms with van der Waals surface area (Å²) in [5.41, 5.74) is 2.83. The lowest BCUT2D eigenvalue weighted by atomic mass is 10.1. The first-order valence-electron chi connectivity index (χ1n) is 7.60. The highest BCUT2D eigenvalue weighted by Crippen LogP contribution is 2.36. The Hall–Kier alpha value is -0.840. The number of nitrogens with one attached hydrogen (secondary N) is 1. The van der Waals surface area contributed by atoms with Crippen LogP contribution in [0.5, 0.6) is 0 Å². The first-order chi connectivity index (χ1) is 10.3. The Morgan fingerprint density at radius 1 is 1.19 bits per heavy atom. The molecular weight excluding hydrogens is 344 g/mol. The number of rotatable bonds is 3. The SMILES string of the molecule is Brc1ccc(CN2CC(C3CC3)NCc3ccccc32)s1. The van der Waals surface area contributed by atoms with Crippen molar-refractivity contribution in [2.75, 3.05) is 11.4 Å². The van der Waals surface area contributed by atoms with E-state index in [1.54, 1.807) is 0 Å². The standard InChI is InChI=1S/C17H19BrN2S/c18-17-8-7-14(21-17)10-20-11-15(12-5-6-12)19-9-13-3-1-2-4-16(13)20/h1-4,7-8,12,15,19H,5-6,9-11H2. The van der Waals surface area contributed by atoms with Crippen molar-refractivity contribution in [2.45, 2.75) is 32.0 Å². The van der Waals surface area contributed by atoms with Crippen LogP contribution in [0.3, 0.4) is 0 Å². The van der Waals surface area contributed by atoms with E-state index >= 15 is 0 Å². The van der Waals surface area contributed by atoms with Gasteiger partial charge in [-0.3, -0.25) is 0 Å². The first-order valence-corrected chi connectivity index (χ1v) is 9.21. The zero-order chi connectivity index (χ0) is 14.2. The second kappa shape index (κ2) is 5.75. The molecule has 21 heavy (non-hydrogen) atoms. The van der Waals surface area contributed by atoms with E-state index in [0.29, 0.717) is 6.04 Å². The van der Waals surface area contributed by atoms with Crippen LogP contribution in [0.1, 0.15) is 23.3 Å². The molecule has 0 radical (unpaired) electrons. The largest absolute Gasteiger partial charge is 0.365 e.